The van der Waals surface area contributed by atoms with Crippen molar-refractivity contribution in [2.75, 3.05) is 11.9 Å². The summed E-state index contributed by atoms with van der Waals surface area (Å²) in [4.78, 5) is 17.2. The van der Waals surface area contributed by atoms with Crippen LogP contribution in [0.25, 0.3) is 20.8 Å². The van der Waals surface area contributed by atoms with E-state index in [0.717, 1.165) is 32.0 Å². The number of hydrogen-bond donors (Lipinski definition) is 1. The zero-order valence-corrected chi connectivity index (χ0v) is 18.1. The summed E-state index contributed by atoms with van der Waals surface area (Å²) in [5, 5.41) is 3.91. The molecule has 0 spiro atoms. The quantitative estimate of drug-likeness (QED) is 0.395. The maximum Gasteiger partial charge on any atom is 0.262 e. The molecule has 1 N–H and O–H groups in total. The van der Waals surface area contributed by atoms with Crippen LogP contribution >= 0.6 is 11.3 Å². The molecule has 0 unspecified atom stereocenters. The number of carbonyl (C=O) groups is 1. The number of anilines is 1. The van der Waals surface area contributed by atoms with Crippen molar-refractivity contribution in [3.8, 4) is 16.3 Å². The molecule has 0 fully saturated rings. The molecule has 1 aromatic heterocycles. The highest BCUT2D eigenvalue weighted by molar-refractivity contribution is 7.21. The smallest absolute Gasteiger partial charge is 0.262 e. The second-order valence-corrected chi connectivity index (χ2v) is 8.61. The molecule has 4 rings (SSSR count). The van der Waals surface area contributed by atoms with Crippen LogP contribution in [0.5, 0.6) is 5.75 Å². The Morgan fingerprint density at radius 1 is 1.07 bits per heavy atom. The minimum absolute atomic E-state index is 0.0359. The van der Waals surface area contributed by atoms with Crippen molar-refractivity contribution in [3.63, 3.8) is 0 Å². The topological polar surface area (TPSA) is 51.2 Å². The lowest BCUT2D eigenvalue weighted by molar-refractivity contribution is -0.118. The highest BCUT2D eigenvalue weighted by atomic mass is 32.1. The van der Waals surface area contributed by atoms with E-state index in [4.69, 9.17) is 9.72 Å². The van der Waals surface area contributed by atoms with Crippen LogP contribution < -0.4 is 10.1 Å². The van der Waals surface area contributed by atoms with Gasteiger partial charge in [-0.2, -0.15) is 0 Å². The first-order chi connectivity index (χ1) is 14.5. The lowest BCUT2D eigenvalue weighted by atomic mass is 10.0. The molecular formula is C25H24N2O2S. The first kappa shape index (κ1) is 20.1. The maximum absolute atomic E-state index is 12.5. The molecule has 0 radical (unpaired) electrons. The van der Waals surface area contributed by atoms with Gasteiger partial charge in [-0.25, -0.2) is 4.98 Å². The van der Waals surface area contributed by atoms with Gasteiger partial charge in [0.2, 0.25) is 0 Å². The molecule has 5 heteroatoms. The van der Waals surface area contributed by atoms with E-state index in [-0.39, 0.29) is 12.5 Å². The summed E-state index contributed by atoms with van der Waals surface area (Å²) in [6.45, 7) is 6.23. The van der Waals surface area contributed by atoms with Gasteiger partial charge in [-0.15, -0.1) is 11.3 Å². The van der Waals surface area contributed by atoms with E-state index >= 15 is 0 Å². The van der Waals surface area contributed by atoms with Crippen molar-refractivity contribution in [1.82, 2.24) is 4.98 Å². The Labute approximate surface area is 180 Å². The number of nitrogens with zero attached hydrogens (tertiary/aromatic N) is 1. The molecule has 30 heavy (non-hydrogen) atoms. The first-order valence-corrected chi connectivity index (χ1v) is 10.8. The van der Waals surface area contributed by atoms with E-state index in [9.17, 15) is 4.79 Å². The van der Waals surface area contributed by atoms with Crippen molar-refractivity contribution >= 4 is 33.1 Å². The van der Waals surface area contributed by atoms with Crippen molar-refractivity contribution in [2.24, 2.45) is 0 Å². The maximum atomic E-state index is 12.5. The van der Waals surface area contributed by atoms with Gasteiger partial charge in [0, 0.05) is 11.3 Å². The Balaban J connectivity index is 1.44. The van der Waals surface area contributed by atoms with Crippen LogP contribution in [0, 0.1) is 6.92 Å². The van der Waals surface area contributed by atoms with Crippen LogP contribution in [0.15, 0.2) is 66.7 Å². The van der Waals surface area contributed by atoms with E-state index in [1.807, 2.05) is 67.6 Å². The van der Waals surface area contributed by atoms with Crippen LogP contribution in [0.3, 0.4) is 0 Å². The number of amides is 1. The Morgan fingerprint density at radius 2 is 1.83 bits per heavy atom. The fourth-order valence-electron chi connectivity index (χ4n) is 3.17. The molecule has 0 bridgehead atoms. The molecule has 0 atom stereocenters. The zero-order chi connectivity index (χ0) is 21.1. The molecule has 0 saturated heterocycles. The van der Waals surface area contributed by atoms with Crippen LogP contribution in [-0.2, 0) is 4.79 Å². The Kier molecular flexibility index (Phi) is 5.81. The number of carbonyl (C=O) groups excluding carboxylic acids is 1. The first-order valence-electron chi connectivity index (χ1n) is 9.99. The lowest BCUT2D eigenvalue weighted by Crippen LogP contribution is -2.20. The number of thiazole rings is 1. The fraction of sp³-hybridized carbons (Fsp3) is 0.200. The number of aromatic nitrogens is 1. The Morgan fingerprint density at radius 3 is 2.57 bits per heavy atom. The van der Waals surface area contributed by atoms with Gasteiger partial charge in [0.25, 0.3) is 5.91 Å². The molecular weight excluding hydrogens is 392 g/mol. The number of fused-ring (bicyclic) bond motifs is 1. The number of benzene rings is 3. The Bertz CT molecular complexity index is 1150. The van der Waals surface area contributed by atoms with Crippen LogP contribution in [0.2, 0.25) is 0 Å². The van der Waals surface area contributed by atoms with Gasteiger partial charge in [0.1, 0.15) is 10.8 Å². The normalized spacial score (nSPS) is 11.1. The van der Waals surface area contributed by atoms with Gasteiger partial charge in [-0.05, 0) is 54.3 Å². The SMILES string of the molecule is Cc1ccc(-c2nc3ccccc3s2)cc1NC(=O)COc1ccc(C(C)C)cc1. The molecule has 0 aliphatic heterocycles. The summed E-state index contributed by atoms with van der Waals surface area (Å²) in [6, 6.07) is 22.0. The van der Waals surface area contributed by atoms with Gasteiger partial charge in [-0.1, -0.05) is 50.2 Å². The van der Waals surface area contributed by atoms with Crippen molar-refractivity contribution in [3.05, 3.63) is 77.9 Å². The summed E-state index contributed by atoms with van der Waals surface area (Å²) >= 11 is 1.65. The largest absolute Gasteiger partial charge is 0.484 e. The van der Waals surface area contributed by atoms with Crippen LogP contribution in [-0.4, -0.2) is 17.5 Å². The molecule has 4 aromatic rings. The van der Waals surface area contributed by atoms with E-state index in [1.165, 1.54) is 5.56 Å². The van der Waals surface area contributed by atoms with E-state index in [0.29, 0.717) is 11.7 Å². The summed E-state index contributed by atoms with van der Waals surface area (Å²) in [6.07, 6.45) is 0. The molecule has 1 heterocycles. The van der Waals surface area contributed by atoms with Gasteiger partial charge < -0.3 is 10.1 Å². The lowest BCUT2D eigenvalue weighted by Gasteiger charge is -2.11. The minimum atomic E-state index is -0.188. The number of aryl methyl sites for hydroxylation is 1. The zero-order valence-electron chi connectivity index (χ0n) is 17.3. The number of hydrogen-bond acceptors (Lipinski definition) is 4. The van der Waals surface area contributed by atoms with Gasteiger partial charge >= 0.3 is 0 Å². The van der Waals surface area contributed by atoms with Gasteiger partial charge in [0.05, 0.1) is 10.2 Å². The van der Waals surface area contributed by atoms with Crippen molar-refractivity contribution in [2.45, 2.75) is 26.7 Å². The molecule has 0 aliphatic rings. The van der Waals surface area contributed by atoms with Crippen LogP contribution in [0.1, 0.15) is 30.9 Å². The average molecular weight is 417 g/mol. The van der Waals surface area contributed by atoms with Gasteiger partial charge in [-0.3, -0.25) is 4.79 Å². The minimum Gasteiger partial charge on any atom is -0.484 e. The number of nitrogens with one attached hydrogen (secondary N) is 1. The highest BCUT2D eigenvalue weighted by Gasteiger charge is 2.11. The second kappa shape index (κ2) is 8.67. The summed E-state index contributed by atoms with van der Waals surface area (Å²) in [5.74, 6) is 0.968. The summed E-state index contributed by atoms with van der Waals surface area (Å²) < 4.78 is 6.80. The predicted molar refractivity (Wildman–Crippen MR) is 124 cm³/mol. The van der Waals surface area contributed by atoms with Crippen molar-refractivity contribution < 1.29 is 9.53 Å². The average Bonchev–Trinajstić information content (AvgIpc) is 3.18. The number of para-hydroxylation sites is 1. The second-order valence-electron chi connectivity index (χ2n) is 7.58. The third-order valence-electron chi connectivity index (χ3n) is 4.97. The fourth-order valence-corrected chi connectivity index (χ4v) is 4.13. The van der Waals surface area contributed by atoms with Gasteiger partial charge in [0.15, 0.2) is 6.61 Å². The summed E-state index contributed by atoms with van der Waals surface area (Å²) in [7, 11) is 0. The molecule has 3 aromatic carbocycles. The molecule has 152 valence electrons. The number of rotatable bonds is 6. The molecule has 1 amide bonds. The molecule has 0 saturated carbocycles. The third-order valence-corrected chi connectivity index (χ3v) is 6.05. The standard InChI is InChI=1S/C25H24N2O2S/c1-16(2)18-10-12-20(13-11-18)29-15-24(28)26-22-14-19(9-8-17(22)3)25-27-21-6-4-5-7-23(21)30-25/h4-14,16H,15H2,1-3H3,(H,26,28). The Hall–Kier alpha value is -3.18. The van der Waals surface area contributed by atoms with E-state index in [1.54, 1.807) is 11.3 Å². The third kappa shape index (κ3) is 4.52. The monoisotopic (exact) mass is 416 g/mol. The molecule has 4 nitrogen and oxygen atoms in total. The summed E-state index contributed by atoms with van der Waals surface area (Å²) in [5.41, 5.74) is 4.99. The van der Waals surface area contributed by atoms with Crippen LogP contribution in [0.4, 0.5) is 5.69 Å². The number of ether oxygens (including phenoxy) is 1. The molecule has 0 aliphatic carbocycles. The van der Waals surface area contributed by atoms with Crippen molar-refractivity contribution in [1.29, 1.82) is 0 Å². The predicted octanol–water partition coefficient (Wildman–Crippen LogP) is 6.41. The highest BCUT2D eigenvalue weighted by Crippen LogP contribution is 2.32. The van der Waals surface area contributed by atoms with E-state index < -0.39 is 0 Å². The van der Waals surface area contributed by atoms with E-state index in [2.05, 4.69) is 25.2 Å².